The van der Waals surface area contributed by atoms with Crippen LogP contribution in [0.25, 0.3) is 0 Å². The van der Waals surface area contributed by atoms with Crippen molar-refractivity contribution in [2.75, 3.05) is 0 Å². The van der Waals surface area contributed by atoms with E-state index in [1.165, 1.54) is 0 Å². The number of imidazole rings is 1. The fourth-order valence-corrected chi connectivity index (χ4v) is 2.20. The molecular formula is C20H36N2O4Zn. The second-order valence-electron chi connectivity index (χ2n) is 6.36. The second kappa shape index (κ2) is 21.1. The summed E-state index contributed by atoms with van der Waals surface area (Å²) in [7, 11) is 1.94. The van der Waals surface area contributed by atoms with E-state index in [1.807, 2.05) is 31.7 Å². The number of aliphatic carboxylic acids is 2. The SMILES string of the molecule is CCCCC(CC)C(=O)[O-].CCCCC(CC)C(=O)[O-].Cn1ccnc1.[Zn+2]. The van der Waals surface area contributed by atoms with Gasteiger partial charge in [-0.2, -0.15) is 0 Å². The van der Waals surface area contributed by atoms with Gasteiger partial charge in [-0.25, -0.2) is 4.98 Å². The van der Waals surface area contributed by atoms with Crippen LogP contribution in [0.2, 0.25) is 0 Å². The van der Waals surface area contributed by atoms with Gasteiger partial charge in [0.05, 0.1) is 6.33 Å². The smallest absolute Gasteiger partial charge is 0.550 e. The predicted molar refractivity (Wildman–Crippen MR) is 99.8 cm³/mol. The van der Waals surface area contributed by atoms with E-state index in [2.05, 4.69) is 18.8 Å². The Morgan fingerprint density at radius 1 is 0.926 bits per heavy atom. The van der Waals surface area contributed by atoms with Crippen molar-refractivity contribution in [3.05, 3.63) is 18.7 Å². The Bertz CT molecular complexity index is 427. The van der Waals surface area contributed by atoms with E-state index in [1.54, 1.807) is 12.5 Å². The maximum absolute atomic E-state index is 10.3. The van der Waals surface area contributed by atoms with Crippen molar-refractivity contribution in [1.29, 1.82) is 0 Å². The third-order valence-corrected chi connectivity index (χ3v) is 4.10. The van der Waals surface area contributed by atoms with E-state index >= 15 is 0 Å². The molecule has 0 radical (unpaired) electrons. The molecule has 0 bridgehead atoms. The molecule has 1 aromatic rings. The zero-order valence-electron chi connectivity index (χ0n) is 17.8. The normalized spacial score (nSPS) is 11.6. The van der Waals surface area contributed by atoms with Crippen LogP contribution in [0.3, 0.4) is 0 Å². The maximum Gasteiger partial charge on any atom is 2.00 e. The van der Waals surface area contributed by atoms with E-state index in [0.29, 0.717) is 12.8 Å². The number of nitrogens with zero attached hydrogens (tertiary/aromatic N) is 2. The number of carbonyl (C=O) groups excluding carboxylic acids is 2. The summed E-state index contributed by atoms with van der Waals surface area (Å²) in [6.45, 7) is 7.89. The molecule has 0 fully saturated rings. The van der Waals surface area contributed by atoms with E-state index in [0.717, 1.165) is 38.5 Å². The van der Waals surface area contributed by atoms with Crippen molar-refractivity contribution in [1.82, 2.24) is 9.55 Å². The number of hydrogen-bond donors (Lipinski definition) is 0. The second-order valence-corrected chi connectivity index (χ2v) is 6.36. The molecule has 1 aromatic heterocycles. The van der Waals surface area contributed by atoms with Crippen LogP contribution >= 0.6 is 0 Å². The average molecular weight is 434 g/mol. The number of rotatable bonds is 10. The summed E-state index contributed by atoms with van der Waals surface area (Å²) in [5, 5.41) is 20.7. The standard InChI is InChI=1S/2C8H16O2.C4H6N2.Zn/c2*1-3-5-6-7(4-2)8(9)10;1-6-3-2-5-4-6;/h2*7H,3-6H2,1-2H3,(H,9,10);2-4H,1H3;/q;;;+2/p-2. The van der Waals surface area contributed by atoms with Gasteiger partial charge in [0, 0.05) is 31.4 Å². The molecule has 0 amide bonds. The third kappa shape index (κ3) is 19.3. The van der Waals surface area contributed by atoms with Crippen LogP contribution in [-0.2, 0) is 36.1 Å². The molecule has 0 aliphatic carbocycles. The summed E-state index contributed by atoms with van der Waals surface area (Å²) in [5.41, 5.74) is 0. The summed E-state index contributed by atoms with van der Waals surface area (Å²) in [5.74, 6) is -2.23. The van der Waals surface area contributed by atoms with Gasteiger partial charge in [0.1, 0.15) is 0 Å². The Hall–Kier alpha value is -1.23. The zero-order valence-corrected chi connectivity index (χ0v) is 20.7. The molecule has 1 rings (SSSR count). The van der Waals surface area contributed by atoms with Crippen LogP contribution in [0, 0.1) is 11.8 Å². The van der Waals surface area contributed by atoms with Gasteiger partial charge in [-0.05, 0) is 37.5 Å². The summed E-state index contributed by atoms with van der Waals surface area (Å²) in [6, 6.07) is 0. The molecule has 0 aliphatic rings. The van der Waals surface area contributed by atoms with Gasteiger partial charge in [-0.3, -0.25) is 0 Å². The summed E-state index contributed by atoms with van der Waals surface area (Å²) in [4.78, 5) is 24.4. The largest absolute Gasteiger partial charge is 2.00 e. The Labute approximate surface area is 177 Å². The van der Waals surface area contributed by atoms with Gasteiger partial charge < -0.3 is 24.4 Å². The number of aromatic nitrogens is 2. The van der Waals surface area contributed by atoms with Gasteiger partial charge in [0.2, 0.25) is 0 Å². The van der Waals surface area contributed by atoms with Crippen LogP contribution < -0.4 is 10.2 Å². The molecule has 0 aliphatic heterocycles. The third-order valence-electron chi connectivity index (χ3n) is 4.10. The van der Waals surface area contributed by atoms with Gasteiger partial charge >= 0.3 is 19.5 Å². The first-order valence-corrected chi connectivity index (χ1v) is 9.67. The van der Waals surface area contributed by atoms with Crippen LogP contribution in [0.1, 0.15) is 79.1 Å². The molecule has 7 heteroatoms. The summed E-state index contributed by atoms with van der Waals surface area (Å²) in [6.07, 6.45) is 12.4. The fourth-order valence-electron chi connectivity index (χ4n) is 2.20. The monoisotopic (exact) mass is 432 g/mol. The van der Waals surface area contributed by atoms with E-state index in [9.17, 15) is 19.8 Å². The van der Waals surface area contributed by atoms with Crippen LogP contribution in [0.4, 0.5) is 0 Å². The van der Waals surface area contributed by atoms with E-state index in [-0.39, 0.29) is 31.3 Å². The first-order chi connectivity index (χ1) is 12.3. The Balaban J connectivity index is -0.000000323. The molecule has 2 atom stereocenters. The van der Waals surface area contributed by atoms with Gasteiger partial charge in [0.25, 0.3) is 0 Å². The minimum Gasteiger partial charge on any atom is -0.550 e. The molecule has 0 aromatic carbocycles. The van der Waals surface area contributed by atoms with Crippen molar-refractivity contribution in [3.63, 3.8) is 0 Å². The number of carboxylic acid groups (broad SMARTS) is 2. The number of carboxylic acids is 2. The van der Waals surface area contributed by atoms with Gasteiger partial charge in [-0.1, -0.05) is 53.4 Å². The number of aryl methyl sites for hydroxylation is 1. The Morgan fingerprint density at radius 3 is 1.48 bits per heavy atom. The Kier molecular flexibility index (Phi) is 23.8. The number of carbonyl (C=O) groups is 2. The predicted octanol–water partition coefficient (Wildman–Crippen LogP) is 2.32. The van der Waals surface area contributed by atoms with E-state index < -0.39 is 11.9 Å². The first-order valence-electron chi connectivity index (χ1n) is 9.67. The molecule has 152 valence electrons. The molecule has 6 nitrogen and oxygen atoms in total. The van der Waals surface area contributed by atoms with Crippen molar-refractivity contribution >= 4 is 11.9 Å². The maximum atomic E-state index is 10.3. The fraction of sp³-hybridized carbons (Fsp3) is 0.750. The van der Waals surface area contributed by atoms with Gasteiger partial charge in [0.15, 0.2) is 0 Å². The minimum absolute atomic E-state index is 0. The minimum atomic E-state index is -0.893. The van der Waals surface area contributed by atoms with Crippen molar-refractivity contribution in [3.8, 4) is 0 Å². The van der Waals surface area contributed by atoms with Crippen molar-refractivity contribution in [2.45, 2.75) is 79.1 Å². The van der Waals surface area contributed by atoms with Gasteiger partial charge in [-0.15, -0.1) is 0 Å². The molecule has 1 heterocycles. The Morgan fingerprint density at radius 2 is 1.33 bits per heavy atom. The zero-order chi connectivity index (χ0) is 20.4. The molecule has 0 spiro atoms. The molecule has 0 saturated carbocycles. The van der Waals surface area contributed by atoms with Crippen LogP contribution in [0.5, 0.6) is 0 Å². The van der Waals surface area contributed by atoms with Crippen LogP contribution in [-0.4, -0.2) is 21.5 Å². The molecule has 2 unspecified atom stereocenters. The molecule has 0 N–H and O–H groups in total. The summed E-state index contributed by atoms with van der Waals surface area (Å²) < 4.78 is 1.89. The van der Waals surface area contributed by atoms with E-state index in [4.69, 9.17) is 0 Å². The topological polar surface area (TPSA) is 98.1 Å². The average Bonchev–Trinajstić information content (AvgIpc) is 3.08. The number of unbranched alkanes of at least 4 members (excludes halogenated alkanes) is 2. The van der Waals surface area contributed by atoms with Crippen LogP contribution in [0.15, 0.2) is 18.7 Å². The quantitative estimate of drug-likeness (QED) is 0.527. The molecular weight excluding hydrogens is 398 g/mol. The van der Waals surface area contributed by atoms with Crippen molar-refractivity contribution in [2.24, 2.45) is 18.9 Å². The number of hydrogen-bond acceptors (Lipinski definition) is 5. The molecule has 0 saturated heterocycles. The molecule has 27 heavy (non-hydrogen) atoms. The first kappa shape index (κ1) is 30.5. The summed E-state index contributed by atoms with van der Waals surface area (Å²) >= 11 is 0. The van der Waals surface area contributed by atoms with Crippen molar-refractivity contribution < 1.29 is 39.3 Å².